The van der Waals surface area contributed by atoms with Crippen LogP contribution in [0, 0.1) is 5.41 Å². The van der Waals surface area contributed by atoms with Gasteiger partial charge in [-0.25, -0.2) is 0 Å². The minimum Gasteiger partial charge on any atom is -0.496 e. The molecule has 1 aliphatic rings. The minimum atomic E-state index is 0.324. The fourth-order valence-electron chi connectivity index (χ4n) is 2.94. The maximum Gasteiger partial charge on any atom is 0.123 e. The molecule has 1 aliphatic heterocycles. The first-order valence-electron chi connectivity index (χ1n) is 7.08. The van der Waals surface area contributed by atoms with Crippen molar-refractivity contribution in [3.63, 3.8) is 0 Å². The van der Waals surface area contributed by atoms with Crippen LogP contribution in [0.2, 0.25) is 0 Å². The number of nitrogens with one attached hydrogen (secondary N) is 1. The highest BCUT2D eigenvalue weighted by molar-refractivity contribution is 5.36. The lowest BCUT2D eigenvalue weighted by molar-refractivity contribution is 0.262. The van der Waals surface area contributed by atoms with E-state index in [9.17, 15) is 0 Å². The molecule has 1 atom stereocenters. The summed E-state index contributed by atoms with van der Waals surface area (Å²) in [6.07, 6.45) is 1.29. The summed E-state index contributed by atoms with van der Waals surface area (Å²) in [6.45, 7) is 8.12. The number of benzene rings is 1. The van der Waals surface area contributed by atoms with E-state index >= 15 is 0 Å². The molecule has 0 amide bonds. The lowest BCUT2D eigenvalue weighted by atomic mass is 9.93. The van der Waals surface area contributed by atoms with Crippen molar-refractivity contribution in [3.8, 4) is 5.75 Å². The van der Waals surface area contributed by atoms with Gasteiger partial charge in [-0.2, -0.15) is 0 Å². The lowest BCUT2D eigenvalue weighted by Gasteiger charge is -2.26. The Morgan fingerprint density at radius 2 is 2.11 bits per heavy atom. The molecule has 1 aromatic carbocycles. The predicted molar refractivity (Wildman–Crippen MR) is 79.6 cm³/mol. The molecule has 0 spiro atoms. The van der Waals surface area contributed by atoms with Crippen LogP contribution >= 0.6 is 0 Å². The molecule has 3 heteroatoms. The van der Waals surface area contributed by atoms with Gasteiger partial charge in [-0.05, 0) is 31.5 Å². The van der Waals surface area contributed by atoms with Crippen molar-refractivity contribution in [1.82, 2.24) is 10.2 Å². The van der Waals surface area contributed by atoms with Gasteiger partial charge in [-0.3, -0.25) is 0 Å². The van der Waals surface area contributed by atoms with Gasteiger partial charge < -0.3 is 15.0 Å². The van der Waals surface area contributed by atoms with Crippen molar-refractivity contribution in [2.45, 2.75) is 26.3 Å². The van der Waals surface area contributed by atoms with Gasteiger partial charge in [0.2, 0.25) is 0 Å². The van der Waals surface area contributed by atoms with E-state index in [0.717, 1.165) is 12.3 Å². The Morgan fingerprint density at radius 3 is 2.68 bits per heavy atom. The molecule has 0 saturated carbocycles. The molecule has 1 fully saturated rings. The van der Waals surface area contributed by atoms with Crippen molar-refractivity contribution >= 4 is 0 Å². The third-order valence-corrected chi connectivity index (χ3v) is 4.06. The lowest BCUT2D eigenvalue weighted by Crippen LogP contribution is -2.33. The van der Waals surface area contributed by atoms with Crippen LogP contribution in [0.1, 0.15) is 31.9 Å². The molecular formula is C16H26N2O. The van der Waals surface area contributed by atoms with Crippen LogP contribution < -0.4 is 10.1 Å². The van der Waals surface area contributed by atoms with Crippen LogP contribution in [0.5, 0.6) is 5.75 Å². The first kappa shape index (κ1) is 14.4. The van der Waals surface area contributed by atoms with Crippen molar-refractivity contribution in [3.05, 3.63) is 29.8 Å². The van der Waals surface area contributed by atoms with Crippen molar-refractivity contribution < 1.29 is 4.74 Å². The Kier molecular flexibility index (Phi) is 4.48. The molecule has 2 rings (SSSR count). The fourth-order valence-corrected chi connectivity index (χ4v) is 2.94. The Balaban J connectivity index is 2.08. The molecule has 3 nitrogen and oxygen atoms in total. The van der Waals surface area contributed by atoms with E-state index in [1.54, 1.807) is 7.11 Å². The van der Waals surface area contributed by atoms with Gasteiger partial charge in [0.25, 0.3) is 0 Å². The molecule has 106 valence electrons. The van der Waals surface area contributed by atoms with Crippen LogP contribution in [0.3, 0.4) is 0 Å². The Hall–Kier alpha value is -1.06. The molecule has 1 unspecified atom stereocenters. The van der Waals surface area contributed by atoms with Crippen LogP contribution in [-0.4, -0.2) is 38.7 Å². The van der Waals surface area contributed by atoms with Gasteiger partial charge in [0.1, 0.15) is 5.75 Å². The highest BCUT2D eigenvalue weighted by Crippen LogP contribution is 2.31. The number of hydrogen-bond acceptors (Lipinski definition) is 3. The fraction of sp³-hybridized carbons (Fsp3) is 0.625. The normalized spacial score (nSPS) is 20.4. The quantitative estimate of drug-likeness (QED) is 0.883. The molecule has 1 heterocycles. The first-order chi connectivity index (χ1) is 9.05. The van der Waals surface area contributed by atoms with E-state index in [0.29, 0.717) is 11.5 Å². The number of hydrogen-bond donors (Lipinski definition) is 1. The number of rotatable bonds is 5. The molecule has 0 aromatic heterocycles. The zero-order chi connectivity index (χ0) is 13.9. The Labute approximate surface area is 116 Å². The van der Waals surface area contributed by atoms with E-state index in [2.05, 4.69) is 36.2 Å². The number of likely N-dealkylation sites (N-methyl/N-ethyl adjacent to an activating group) is 1. The third kappa shape index (κ3) is 3.48. The highest BCUT2D eigenvalue weighted by atomic mass is 16.5. The molecule has 0 bridgehead atoms. The van der Waals surface area contributed by atoms with Gasteiger partial charge in [-0.15, -0.1) is 0 Å². The van der Waals surface area contributed by atoms with Crippen LogP contribution in [0.4, 0.5) is 0 Å². The average molecular weight is 262 g/mol. The number of likely N-dealkylation sites (tertiary alicyclic amines) is 1. The maximum atomic E-state index is 5.48. The summed E-state index contributed by atoms with van der Waals surface area (Å²) in [6, 6.07) is 8.61. The average Bonchev–Trinajstić information content (AvgIpc) is 2.75. The molecule has 1 aromatic rings. The number of nitrogens with zero attached hydrogens (tertiary/aromatic N) is 1. The summed E-state index contributed by atoms with van der Waals surface area (Å²) in [5.74, 6) is 0.973. The zero-order valence-corrected chi connectivity index (χ0v) is 12.6. The van der Waals surface area contributed by atoms with Crippen molar-refractivity contribution in [1.29, 1.82) is 0 Å². The summed E-state index contributed by atoms with van der Waals surface area (Å²) in [5.41, 5.74) is 1.70. The SMILES string of the molecule is CNC(CN1CCC(C)(C)C1)c1ccccc1OC. The van der Waals surface area contributed by atoms with Crippen molar-refractivity contribution in [2.24, 2.45) is 5.41 Å². The Bertz CT molecular complexity index is 417. The van der Waals surface area contributed by atoms with E-state index in [4.69, 9.17) is 4.74 Å². The van der Waals surface area contributed by atoms with Crippen LogP contribution in [0.15, 0.2) is 24.3 Å². The van der Waals surface area contributed by atoms with Gasteiger partial charge in [0.05, 0.1) is 7.11 Å². The summed E-state index contributed by atoms with van der Waals surface area (Å²) >= 11 is 0. The topological polar surface area (TPSA) is 24.5 Å². The van der Waals surface area contributed by atoms with Gasteiger partial charge in [-0.1, -0.05) is 32.0 Å². The summed E-state index contributed by atoms with van der Waals surface area (Å²) < 4.78 is 5.48. The first-order valence-corrected chi connectivity index (χ1v) is 7.08. The van der Waals surface area contributed by atoms with Crippen LogP contribution in [0.25, 0.3) is 0 Å². The van der Waals surface area contributed by atoms with Gasteiger partial charge in [0.15, 0.2) is 0 Å². The second kappa shape index (κ2) is 5.93. The summed E-state index contributed by atoms with van der Waals surface area (Å²) in [7, 11) is 3.77. The van der Waals surface area contributed by atoms with Gasteiger partial charge in [0, 0.05) is 24.7 Å². The molecule has 0 aliphatic carbocycles. The smallest absolute Gasteiger partial charge is 0.123 e. The largest absolute Gasteiger partial charge is 0.496 e. The van der Waals surface area contributed by atoms with E-state index in [-0.39, 0.29) is 0 Å². The number of methoxy groups -OCH3 is 1. The van der Waals surface area contributed by atoms with E-state index in [1.807, 2.05) is 19.2 Å². The standard InChI is InChI=1S/C16H26N2O/c1-16(2)9-10-18(12-16)11-14(17-3)13-7-5-6-8-15(13)19-4/h5-8,14,17H,9-12H2,1-4H3. The van der Waals surface area contributed by atoms with Crippen LogP contribution in [-0.2, 0) is 0 Å². The number of ether oxygens (including phenoxy) is 1. The van der Waals surface area contributed by atoms with E-state index < -0.39 is 0 Å². The molecular weight excluding hydrogens is 236 g/mol. The summed E-state index contributed by atoms with van der Waals surface area (Å²) in [5, 5.41) is 3.43. The third-order valence-electron chi connectivity index (χ3n) is 4.06. The second-order valence-electron chi connectivity index (χ2n) is 6.23. The zero-order valence-electron chi connectivity index (χ0n) is 12.6. The molecule has 19 heavy (non-hydrogen) atoms. The molecule has 0 radical (unpaired) electrons. The number of para-hydroxylation sites is 1. The second-order valence-corrected chi connectivity index (χ2v) is 6.23. The maximum absolute atomic E-state index is 5.48. The van der Waals surface area contributed by atoms with Gasteiger partial charge >= 0.3 is 0 Å². The minimum absolute atomic E-state index is 0.324. The van der Waals surface area contributed by atoms with E-state index in [1.165, 1.54) is 25.1 Å². The molecule has 1 N–H and O–H groups in total. The summed E-state index contributed by atoms with van der Waals surface area (Å²) in [4.78, 5) is 2.55. The van der Waals surface area contributed by atoms with Crippen molar-refractivity contribution in [2.75, 3.05) is 33.8 Å². The Morgan fingerprint density at radius 1 is 1.37 bits per heavy atom. The predicted octanol–water partition coefficient (Wildman–Crippen LogP) is 2.69. The monoisotopic (exact) mass is 262 g/mol. The highest BCUT2D eigenvalue weighted by Gasteiger charge is 2.30. The molecule has 1 saturated heterocycles.